The van der Waals surface area contributed by atoms with Gasteiger partial charge in [-0.15, -0.1) is 0 Å². The zero-order valence-corrected chi connectivity index (χ0v) is 14.9. The predicted octanol–water partition coefficient (Wildman–Crippen LogP) is 4.03. The number of oxazole rings is 1. The second-order valence-corrected chi connectivity index (χ2v) is 6.77. The Kier molecular flexibility index (Phi) is 4.24. The van der Waals surface area contributed by atoms with E-state index in [-0.39, 0.29) is 11.9 Å². The van der Waals surface area contributed by atoms with Crippen molar-refractivity contribution in [3.63, 3.8) is 0 Å². The van der Waals surface area contributed by atoms with Crippen LogP contribution in [0.3, 0.4) is 0 Å². The summed E-state index contributed by atoms with van der Waals surface area (Å²) >= 11 is 0. The average molecular weight is 352 g/mol. The highest BCUT2D eigenvalue weighted by Gasteiger charge is 2.21. The Hall–Kier alpha value is -2.66. The van der Waals surface area contributed by atoms with E-state index in [2.05, 4.69) is 17.5 Å². The fourth-order valence-electron chi connectivity index (χ4n) is 3.66. The number of rotatable bonds is 3. The largest absolute Gasteiger partial charge is 0.420 e. The minimum Gasteiger partial charge on any atom is -0.408 e. The Morgan fingerprint density at radius 1 is 1.27 bits per heavy atom. The van der Waals surface area contributed by atoms with E-state index in [4.69, 9.17) is 4.42 Å². The highest BCUT2D eigenvalue weighted by molar-refractivity contribution is 5.75. The average Bonchev–Trinajstić information content (AvgIpc) is 2.97. The van der Waals surface area contributed by atoms with Crippen molar-refractivity contribution in [1.82, 2.24) is 9.88 Å². The van der Waals surface area contributed by atoms with E-state index in [1.54, 1.807) is 13.0 Å². The lowest BCUT2D eigenvalue weighted by atomic mass is 9.93. The van der Waals surface area contributed by atoms with Gasteiger partial charge in [-0.3, -0.25) is 4.57 Å². The van der Waals surface area contributed by atoms with Gasteiger partial charge >= 0.3 is 5.76 Å². The summed E-state index contributed by atoms with van der Waals surface area (Å²) in [6.07, 6.45) is 3.22. The molecule has 4 rings (SSSR count). The third-order valence-electron chi connectivity index (χ3n) is 5.07. The molecule has 0 spiro atoms. The van der Waals surface area contributed by atoms with Crippen LogP contribution in [0.4, 0.5) is 4.39 Å². The van der Waals surface area contributed by atoms with Gasteiger partial charge in [-0.05, 0) is 55.1 Å². The lowest BCUT2D eigenvalue weighted by Crippen LogP contribution is -2.24. The summed E-state index contributed by atoms with van der Waals surface area (Å²) in [7, 11) is 0. The molecule has 0 saturated heterocycles. The number of halogens is 1. The Morgan fingerprint density at radius 3 is 2.85 bits per heavy atom. The first-order chi connectivity index (χ1) is 12.6. The normalized spacial score (nSPS) is 15.9. The molecular formula is C21H21FN2O2. The van der Waals surface area contributed by atoms with Crippen LogP contribution >= 0.6 is 0 Å². The maximum absolute atomic E-state index is 14.1. The number of aromatic nitrogens is 1. The van der Waals surface area contributed by atoms with Crippen LogP contribution in [0, 0.1) is 12.7 Å². The summed E-state index contributed by atoms with van der Waals surface area (Å²) in [6, 6.07) is 10.7. The summed E-state index contributed by atoms with van der Waals surface area (Å²) in [5.74, 6) is -0.810. The lowest BCUT2D eigenvalue weighted by molar-refractivity contribution is 0.489. The summed E-state index contributed by atoms with van der Waals surface area (Å²) in [4.78, 5) is 12.5. The molecule has 1 aliphatic heterocycles. The molecule has 0 amide bonds. The quantitative estimate of drug-likeness (QED) is 0.774. The molecule has 4 nitrogen and oxygen atoms in total. The molecule has 2 heterocycles. The smallest absolute Gasteiger partial charge is 0.408 e. The van der Waals surface area contributed by atoms with Crippen molar-refractivity contribution in [2.75, 3.05) is 13.1 Å². The zero-order valence-electron chi connectivity index (χ0n) is 14.9. The van der Waals surface area contributed by atoms with Crippen molar-refractivity contribution < 1.29 is 8.81 Å². The number of hydrogen-bond acceptors (Lipinski definition) is 3. The molecule has 1 N–H and O–H groups in total. The number of aryl methyl sites for hydroxylation is 1. The third kappa shape index (κ3) is 2.78. The molecule has 134 valence electrons. The summed E-state index contributed by atoms with van der Waals surface area (Å²) < 4.78 is 21.0. The van der Waals surface area contributed by atoms with Gasteiger partial charge < -0.3 is 9.73 Å². The highest BCUT2D eigenvalue weighted by Crippen LogP contribution is 2.30. The summed E-state index contributed by atoms with van der Waals surface area (Å²) in [5, 5.41) is 3.38. The number of nitrogens with zero attached hydrogens (tertiary/aromatic N) is 1. The SMILES string of the molecule is Cc1cc2oc(=O)n(C(C)c3ccccc3C3=CCCNC3)c2cc1F. The van der Waals surface area contributed by atoms with Crippen LogP contribution in [-0.4, -0.2) is 17.7 Å². The van der Waals surface area contributed by atoms with Crippen molar-refractivity contribution in [3.05, 3.63) is 75.5 Å². The number of nitrogens with one attached hydrogen (secondary N) is 1. The molecular weight excluding hydrogens is 331 g/mol. The van der Waals surface area contributed by atoms with Gasteiger partial charge in [0.2, 0.25) is 0 Å². The molecule has 0 saturated carbocycles. The van der Waals surface area contributed by atoms with Crippen LogP contribution in [-0.2, 0) is 0 Å². The predicted molar refractivity (Wildman–Crippen MR) is 101 cm³/mol. The molecule has 1 aromatic heterocycles. The molecule has 1 atom stereocenters. The molecule has 0 fully saturated rings. The molecule has 1 aliphatic rings. The number of hydrogen-bond donors (Lipinski definition) is 1. The lowest BCUT2D eigenvalue weighted by Gasteiger charge is -2.21. The van der Waals surface area contributed by atoms with Crippen LogP contribution in [0.5, 0.6) is 0 Å². The van der Waals surface area contributed by atoms with Crippen LogP contribution in [0.2, 0.25) is 0 Å². The Labute approximate surface area is 150 Å². The molecule has 0 aliphatic carbocycles. The Balaban J connectivity index is 1.87. The van der Waals surface area contributed by atoms with Crippen molar-refractivity contribution in [1.29, 1.82) is 0 Å². The molecule has 0 bridgehead atoms. The number of fused-ring (bicyclic) bond motifs is 1. The van der Waals surface area contributed by atoms with Gasteiger partial charge in [0.25, 0.3) is 0 Å². The fourth-order valence-corrected chi connectivity index (χ4v) is 3.66. The van der Waals surface area contributed by atoms with Crippen molar-refractivity contribution in [2.24, 2.45) is 0 Å². The molecule has 26 heavy (non-hydrogen) atoms. The van der Waals surface area contributed by atoms with E-state index in [0.717, 1.165) is 30.6 Å². The standard InChI is InChI=1S/C21H21FN2O2/c1-13-10-20-19(11-18(13)22)24(21(25)26-20)14(2)16-7-3-4-8-17(16)15-6-5-9-23-12-15/h3-4,6-8,10-11,14,23H,5,9,12H2,1-2H3. The van der Waals surface area contributed by atoms with E-state index in [1.807, 2.05) is 25.1 Å². The minimum atomic E-state index is -0.469. The third-order valence-corrected chi connectivity index (χ3v) is 5.07. The number of benzene rings is 2. The van der Waals surface area contributed by atoms with Crippen LogP contribution in [0.15, 0.2) is 51.7 Å². The first kappa shape index (κ1) is 16.8. The maximum Gasteiger partial charge on any atom is 0.420 e. The van der Waals surface area contributed by atoms with Crippen LogP contribution in [0.25, 0.3) is 16.7 Å². The van der Waals surface area contributed by atoms with Gasteiger partial charge in [0.1, 0.15) is 5.82 Å². The van der Waals surface area contributed by atoms with Gasteiger partial charge in [-0.1, -0.05) is 30.3 Å². The van der Waals surface area contributed by atoms with E-state index >= 15 is 0 Å². The van der Waals surface area contributed by atoms with Gasteiger partial charge in [0, 0.05) is 12.6 Å². The van der Waals surface area contributed by atoms with Gasteiger partial charge in [-0.2, -0.15) is 0 Å². The molecule has 1 unspecified atom stereocenters. The van der Waals surface area contributed by atoms with Crippen molar-refractivity contribution in [3.8, 4) is 0 Å². The molecule has 3 aromatic rings. The van der Waals surface area contributed by atoms with Crippen LogP contribution < -0.4 is 11.1 Å². The second kappa shape index (κ2) is 6.57. The van der Waals surface area contributed by atoms with E-state index in [9.17, 15) is 9.18 Å². The van der Waals surface area contributed by atoms with Gasteiger partial charge in [0.05, 0.1) is 11.6 Å². The van der Waals surface area contributed by atoms with E-state index in [1.165, 1.54) is 16.2 Å². The minimum absolute atomic E-state index is 0.273. The topological polar surface area (TPSA) is 47.2 Å². The zero-order chi connectivity index (χ0) is 18.3. The van der Waals surface area contributed by atoms with Crippen molar-refractivity contribution >= 4 is 16.7 Å². The van der Waals surface area contributed by atoms with Gasteiger partial charge in [0.15, 0.2) is 5.58 Å². The Morgan fingerprint density at radius 2 is 2.08 bits per heavy atom. The van der Waals surface area contributed by atoms with Gasteiger partial charge in [-0.25, -0.2) is 9.18 Å². The Bertz CT molecular complexity index is 1060. The fraction of sp³-hybridized carbons (Fsp3) is 0.286. The van der Waals surface area contributed by atoms with E-state index < -0.39 is 5.76 Å². The summed E-state index contributed by atoms with van der Waals surface area (Å²) in [6.45, 7) is 5.39. The van der Waals surface area contributed by atoms with Crippen molar-refractivity contribution in [2.45, 2.75) is 26.3 Å². The molecule has 0 radical (unpaired) electrons. The summed E-state index contributed by atoms with van der Waals surface area (Å²) in [5.41, 5.74) is 4.72. The second-order valence-electron chi connectivity index (χ2n) is 6.77. The monoisotopic (exact) mass is 352 g/mol. The highest BCUT2D eigenvalue weighted by atomic mass is 19.1. The molecule has 2 aromatic carbocycles. The van der Waals surface area contributed by atoms with E-state index in [0.29, 0.717) is 16.7 Å². The first-order valence-corrected chi connectivity index (χ1v) is 8.86. The maximum atomic E-state index is 14.1. The molecule has 5 heteroatoms. The first-order valence-electron chi connectivity index (χ1n) is 8.86. The van der Waals surface area contributed by atoms with Crippen LogP contribution in [0.1, 0.15) is 36.1 Å².